The molecule has 1 aromatic carbocycles. The molecule has 1 aliphatic heterocycles. The number of alkyl halides is 1. The lowest BCUT2D eigenvalue weighted by Crippen LogP contribution is -2.07. The zero-order valence-corrected chi connectivity index (χ0v) is 12.7. The van der Waals surface area contributed by atoms with Crippen LogP contribution in [0, 0.1) is 0 Å². The molecule has 0 amide bonds. The molecular formula is C14H18BrClO2. The fourth-order valence-corrected chi connectivity index (χ4v) is 2.72. The first-order valence-corrected chi connectivity index (χ1v) is 7.88. The molecule has 0 bridgehead atoms. The Morgan fingerprint density at radius 1 is 1.44 bits per heavy atom. The van der Waals surface area contributed by atoms with E-state index in [-0.39, 0.29) is 0 Å². The molecule has 1 atom stereocenters. The third kappa shape index (κ3) is 4.15. The van der Waals surface area contributed by atoms with Gasteiger partial charge < -0.3 is 9.47 Å². The van der Waals surface area contributed by atoms with Crippen LogP contribution in [0.2, 0.25) is 5.02 Å². The van der Waals surface area contributed by atoms with Gasteiger partial charge in [0.1, 0.15) is 5.75 Å². The lowest BCUT2D eigenvalue weighted by molar-refractivity contribution is 0.0981. The van der Waals surface area contributed by atoms with Gasteiger partial charge in [0.05, 0.1) is 17.7 Å². The summed E-state index contributed by atoms with van der Waals surface area (Å²) in [6, 6.07) is 5.90. The second kappa shape index (κ2) is 7.37. The third-order valence-electron chi connectivity index (χ3n) is 3.10. The van der Waals surface area contributed by atoms with E-state index in [1.165, 1.54) is 12.8 Å². The Hall–Kier alpha value is -0.250. The van der Waals surface area contributed by atoms with E-state index in [0.717, 1.165) is 36.1 Å². The molecule has 1 fully saturated rings. The Morgan fingerprint density at radius 3 is 3.00 bits per heavy atom. The van der Waals surface area contributed by atoms with Gasteiger partial charge in [0, 0.05) is 11.9 Å². The van der Waals surface area contributed by atoms with Gasteiger partial charge in [0.2, 0.25) is 0 Å². The molecule has 100 valence electrons. The zero-order valence-electron chi connectivity index (χ0n) is 10.3. The van der Waals surface area contributed by atoms with E-state index in [1.807, 2.05) is 18.2 Å². The van der Waals surface area contributed by atoms with Crippen molar-refractivity contribution in [3.05, 3.63) is 28.8 Å². The highest BCUT2D eigenvalue weighted by atomic mass is 79.9. The summed E-state index contributed by atoms with van der Waals surface area (Å²) in [5, 5.41) is 1.50. The first-order valence-electron chi connectivity index (χ1n) is 6.38. The molecule has 2 rings (SSSR count). The highest BCUT2D eigenvalue weighted by Crippen LogP contribution is 2.26. The van der Waals surface area contributed by atoms with Crippen LogP contribution in [0.15, 0.2) is 18.2 Å². The van der Waals surface area contributed by atoms with Crippen LogP contribution in [0.4, 0.5) is 0 Å². The standard InChI is InChI=1S/C14H18BrClO2/c15-10-11-5-6-14(13(16)9-11)18-8-2-4-12-3-1-7-17-12/h5-6,9,12H,1-4,7-8,10H2. The van der Waals surface area contributed by atoms with E-state index in [2.05, 4.69) is 15.9 Å². The topological polar surface area (TPSA) is 18.5 Å². The monoisotopic (exact) mass is 332 g/mol. The van der Waals surface area contributed by atoms with E-state index >= 15 is 0 Å². The first-order chi connectivity index (χ1) is 8.79. The fourth-order valence-electron chi connectivity index (χ4n) is 2.11. The normalized spacial score (nSPS) is 19.1. The molecule has 0 saturated carbocycles. The van der Waals surface area contributed by atoms with Crippen molar-refractivity contribution in [2.45, 2.75) is 37.1 Å². The van der Waals surface area contributed by atoms with Crippen molar-refractivity contribution in [2.24, 2.45) is 0 Å². The molecule has 1 aliphatic rings. The number of benzene rings is 1. The van der Waals surface area contributed by atoms with E-state index in [0.29, 0.717) is 17.7 Å². The molecular weight excluding hydrogens is 316 g/mol. The molecule has 0 aliphatic carbocycles. The van der Waals surface area contributed by atoms with Crippen molar-refractivity contribution in [1.29, 1.82) is 0 Å². The Kier molecular flexibility index (Phi) is 5.80. The van der Waals surface area contributed by atoms with Gasteiger partial charge in [0.15, 0.2) is 0 Å². The molecule has 1 unspecified atom stereocenters. The number of hydrogen-bond acceptors (Lipinski definition) is 2. The van der Waals surface area contributed by atoms with Crippen molar-refractivity contribution < 1.29 is 9.47 Å². The predicted molar refractivity (Wildman–Crippen MR) is 77.8 cm³/mol. The van der Waals surface area contributed by atoms with Crippen LogP contribution >= 0.6 is 27.5 Å². The van der Waals surface area contributed by atoms with Crippen LogP contribution in [0.3, 0.4) is 0 Å². The molecule has 1 aromatic rings. The lowest BCUT2D eigenvalue weighted by atomic mass is 10.1. The first kappa shape index (κ1) is 14.2. The summed E-state index contributed by atoms with van der Waals surface area (Å²) in [7, 11) is 0. The van der Waals surface area contributed by atoms with Crippen LogP contribution in [0.1, 0.15) is 31.2 Å². The Morgan fingerprint density at radius 2 is 2.33 bits per heavy atom. The van der Waals surface area contributed by atoms with Gasteiger partial charge in [-0.2, -0.15) is 0 Å². The largest absolute Gasteiger partial charge is 0.492 e. The molecule has 1 heterocycles. The summed E-state index contributed by atoms with van der Waals surface area (Å²) in [6.07, 6.45) is 4.93. The van der Waals surface area contributed by atoms with Crippen molar-refractivity contribution in [3.63, 3.8) is 0 Å². The second-order valence-corrected chi connectivity index (χ2v) is 5.49. The van der Waals surface area contributed by atoms with Gasteiger partial charge in [-0.15, -0.1) is 0 Å². The van der Waals surface area contributed by atoms with Crippen molar-refractivity contribution >= 4 is 27.5 Å². The molecule has 18 heavy (non-hydrogen) atoms. The van der Waals surface area contributed by atoms with E-state index in [9.17, 15) is 0 Å². The quantitative estimate of drug-likeness (QED) is 0.560. The molecule has 1 saturated heterocycles. The average Bonchev–Trinajstić information content (AvgIpc) is 2.89. The summed E-state index contributed by atoms with van der Waals surface area (Å²) < 4.78 is 11.3. The highest BCUT2D eigenvalue weighted by molar-refractivity contribution is 9.08. The summed E-state index contributed by atoms with van der Waals surface area (Å²) >= 11 is 9.55. The van der Waals surface area contributed by atoms with Crippen molar-refractivity contribution in [3.8, 4) is 5.75 Å². The summed E-state index contributed by atoms with van der Waals surface area (Å²) in [6.45, 7) is 1.62. The van der Waals surface area contributed by atoms with Gasteiger partial charge in [-0.05, 0) is 43.4 Å². The predicted octanol–water partition coefficient (Wildman–Crippen LogP) is 4.57. The fraction of sp³-hybridized carbons (Fsp3) is 0.571. The summed E-state index contributed by atoms with van der Waals surface area (Å²) in [4.78, 5) is 0. The third-order valence-corrected chi connectivity index (χ3v) is 4.05. The minimum Gasteiger partial charge on any atom is -0.492 e. The molecule has 2 nitrogen and oxygen atoms in total. The molecule has 0 N–H and O–H groups in total. The maximum absolute atomic E-state index is 6.14. The molecule has 0 spiro atoms. The highest BCUT2D eigenvalue weighted by Gasteiger charge is 2.14. The number of hydrogen-bond donors (Lipinski definition) is 0. The van der Waals surface area contributed by atoms with Crippen molar-refractivity contribution in [2.75, 3.05) is 13.2 Å². The van der Waals surface area contributed by atoms with E-state index in [4.69, 9.17) is 21.1 Å². The second-order valence-electron chi connectivity index (χ2n) is 4.52. The van der Waals surface area contributed by atoms with Crippen molar-refractivity contribution in [1.82, 2.24) is 0 Å². The Balaban J connectivity index is 1.72. The number of halogens is 2. The number of ether oxygens (including phenoxy) is 2. The van der Waals surface area contributed by atoms with Crippen LogP contribution in [-0.4, -0.2) is 19.3 Å². The van der Waals surface area contributed by atoms with Gasteiger partial charge in [-0.3, -0.25) is 0 Å². The maximum Gasteiger partial charge on any atom is 0.137 e. The molecule has 4 heteroatoms. The SMILES string of the molecule is Clc1cc(CBr)ccc1OCCCC1CCCO1. The van der Waals surface area contributed by atoms with Gasteiger partial charge in [0.25, 0.3) is 0 Å². The van der Waals surface area contributed by atoms with E-state index < -0.39 is 0 Å². The zero-order chi connectivity index (χ0) is 12.8. The van der Waals surface area contributed by atoms with Gasteiger partial charge in [-0.25, -0.2) is 0 Å². The lowest BCUT2D eigenvalue weighted by Gasteiger charge is -2.11. The van der Waals surface area contributed by atoms with Crippen LogP contribution in [0.5, 0.6) is 5.75 Å². The Bertz CT molecular complexity index is 378. The minimum absolute atomic E-state index is 0.444. The van der Waals surface area contributed by atoms with Crippen LogP contribution in [-0.2, 0) is 10.1 Å². The van der Waals surface area contributed by atoms with Crippen LogP contribution < -0.4 is 4.74 Å². The maximum atomic E-state index is 6.14. The molecule has 0 radical (unpaired) electrons. The van der Waals surface area contributed by atoms with Crippen LogP contribution in [0.25, 0.3) is 0 Å². The van der Waals surface area contributed by atoms with Gasteiger partial charge >= 0.3 is 0 Å². The number of rotatable bonds is 6. The Labute approximate surface area is 122 Å². The molecule has 0 aromatic heterocycles. The smallest absolute Gasteiger partial charge is 0.137 e. The average molecular weight is 334 g/mol. The summed E-state index contributed by atoms with van der Waals surface area (Å²) in [5.41, 5.74) is 1.16. The van der Waals surface area contributed by atoms with E-state index in [1.54, 1.807) is 0 Å². The minimum atomic E-state index is 0.444. The summed E-state index contributed by atoms with van der Waals surface area (Å²) in [5.74, 6) is 0.772. The van der Waals surface area contributed by atoms with Gasteiger partial charge in [-0.1, -0.05) is 33.6 Å².